The summed E-state index contributed by atoms with van der Waals surface area (Å²) < 4.78 is 0. The van der Waals surface area contributed by atoms with Gasteiger partial charge in [-0.3, -0.25) is 4.79 Å². The highest BCUT2D eigenvalue weighted by molar-refractivity contribution is 5.76. The van der Waals surface area contributed by atoms with Crippen molar-refractivity contribution in [3.8, 4) is 0 Å². The molecule has 14 heavy (non-hydrogen) atoms. The molecule has 0 bridgehead atoms. The third-order valence-electron chi connectivity index (χ3n) is 2.48. The van der Waals surface area contributed by atoms with Gasteiger partial charge in [0, 0.05) is 5.92 Å². The van der Waals surface area contributed by atoms with Crippen LogP contribution >= 0.6 is 0 Å². The van der Waals surface area contributed by atoms with E-state index < -0.39 is 0 Å². The maximum Gasteiger partial charge on any atom is 0.220 e. The van der Waals surface area contributed by atoms with Gasteiger partial charge in [-0.05, 0) is 33.5 Å². The van der Waals surface area contributed by atoms with E-state index in [0.717, 1.165) is 25.8 Å². The quantitative estimate of drug-likeness (QED) is 0.605. The Morgan fingerprint density at radius 2 is 1.93 bits per heavy atom. The molecule has 0 aliphatic heterocycles. The first kappa shape index (κ1) is 13.4. The molecule has 1 atom stereocenters. The summed E-state index contributed by atoms with van der Waals surface area (Å²) in [5.41, 5.74) is 5.35. The third-order valence-corrected chi connectivity index (χ3v) is 2.48. The number of nitrogens with two attached hydrogens (primary N) is 1. The summed E-state index contributed by atoms with van der Waals surface area (Å²) in [6.07, 6.45) is 5.37. The molecule has 0 aliphatic carbocycles. The van der Waals surface area contributed by atoms with Crippen LogP contribution in [-0.2, 0) is 4.79 Å². The predicted octanol–water partition coefficient (Wildman–Crippen LogP) is 1.62. The zero-order valence-corrected chi connectivity index (χ0v) is 9.75. The number of hydrogen-bond acceptors (Lipinski definition) is 2. The van der Waals surface area contributed by atoms with Crippen LogP contribution in [0.4, 0.5) is 0 Å². The van der Waals surface area contributed by atoms with Gasteiger partial charge in [-0.25, -0.2) is 0 Å². The molecule has 0 aromatic rings. The molecular weight excluding hydrogens is 176 g/mol. The van der Waals surface area contributed by atoms with E-state index in [1.807, 2.05) is 14.1 Å². The van der Waals surface area contributed by atoms with E-state index in [9.17, 15) is 4.79 Å². The van der Waals surface area contributed by atoms with E-state index in [0.29, 0.717) is 0 Å². The van der Waals surface area contributed by atoms with Crippen LogP contribution in [0.1, 0.15) is 39.0 Å². The molecule has 0 rings (SSSR count). The number of carbonyl (C=O) groups excluding carboxylic acids is 1. The summed E-state index contributed by atoms with van der Waals surface area (Å²) in [5, 5.41) is 0. The average Bonchev–Trinajstić information content (AvgIpc) is 2.10. The van der Waals surface area contributed by atoms with Gasteiger partial charge in [0.15, 0.2) is 0 Å². The number of hydrogen-bond donors (Lipinski definition) is 1. The summed E-state index contributed by atoms with van der Waals surface area (Å²) in [5.74, 6) is -0.0631. The Balaban J connectivity index is 3.72. The van der Waals surface area contributed by atoms with Crippen LogP contribution in [-0.4, -0.2) is 31.4 Å². The highest BCUT2D eigenvalue weighted by Crippen LogP contribution is 2.13. The van der Waals surface area contributed by atoms with Gasteiger partial charge < -0.3 is 10.6 Å². The van der Waals surface area contributed by atoms with Crippen LogP contribution in [0, 0.1) is 5.92 Å². The van der Waals surface area contributed by atoms with Crippen LogP contribution < -0.4 is 5.73 Å². The molecule has 0 radical (unpaired) electrons. The van der Waals surface area contributed by atoms with Gasteiger partial charge in [0.25, 0.3) is 0 Å². The van der Waals surface area contributed by atoms with Crippen LogP contribution in [0.3, 0.4) is 0 Å². The number of primary amides is 1. The summed E-state index contributed by atoms with van der Waals surface area (Å²) in [4.78, 5) is 13.2. The van der Waals surface area contributed by atoms with Crippen LogP contribution in [0.5, 0.6) is 0 Å². The largest absolute Gasteiger partial charge is 0.369 e. The monoisotopic (exact) mass is 200 g/mol. The molecule has 84 valence electrons. The molecule has 0 fully saturated rings. The number of amides is 1. The Kier molecular flexibility index (Phi) is 7.48. The lowest BCUT2D eigenvalue weighted by atomic mass is 9.97. The van der Waals surface area contributed by atoms with Crippen molar-refractivity contribution in [2.45, 2.75) is 39.0 Å². The molecule has 0 aromatic carbocycles. The van der Waals surface area contributed by atoms with Crippen molar-refractivity contribution in [2.75, 3.05) is 20.6 Å². The lowest BCUT2D eigenvalue weighted by Crippen LogP contribution is -2.27. The van der Waals surface area contributed by atoms with Crippen molar-refractivity contribution in [3.05, 3.63) is 0 Å². The van der Waals surface area contributed by atoms with Gasteiger partial charge in [-0.2, -0.15) is 0 Å². The van der Waals surface area contributed by atoms with Crippen LogP contribution in [0.15, 0.2) is 0 Å². The summed E-state index contributed by atoms with van der Waals surface area (Å²) in [7, 11) is 4.04. The molecule has 2 N–H and O–H groups in total. The Morgan fingerprint density at radius 1 is 1.29 bits per heavy atom. The maximum absolute atomic E-state index is 11.1. The van der Waals surface area contributed by atoms with E-state index in [2.05, 4.69) is 11.8 Å². The second-order valence-corrected chi connectivity index (χ2v) is 4.19. The van der Waals surface area contributed by atoms with Crippen molar-refractivity contribution >= 4 is 5.91 Å². The van der Waals surface area contributed by atoms with E-state index in [4.69, 9.17) is 5.73 Å². The fourth-order valence-corrected chi connectivity index (χ4v) is 1.48. The first-order valence-electron chi connectivity index (χ1n) is 5.52. The highest BCUT2D eigenvalue weighted by Gasteiger charge is 2.14. The molecule has 0 saturated heterocycles. The van der Waals surface area contributed by atoms with Crippen LogP contribution in [0.2, 0.25) is 0 Å². The van der Waals surface area contributed by atoms with E-state index in [1.54, 1.807) is 0 Å². The Hall–Kier alpha value is -0.570. The van der Waals surface area contributed by atoms with Crippen LogP contribution in [0.25, 0.3) is 0 Å². The van der Waals surface area contributed by atoms with Gasteiger partial charge >= 0.3 is 0 Å². The molecule has 0 spiro atoms. The van der Waals surface area contributed by atoms with Gasteiger partial charge in [0.1, 0.15) is 0 Å². The molecule has 0 saturated carbocycles. The molecule has 1 unspecified atom stereocenters. The second kappa shape index (κ2) is 7.80. The lowest BCUT2D eigenvalue weighted by molar-refractivity contribution is -0.122. The minimum absolute atomic E-state index is 0.0731. The normalized spacial score (nSPS) is 13.1. The first-order valence-corrected chi connectivity index (χ1v) is 5.52. The van der Waals surface area contributed by atoms with Crippen molar-refractivity contribution < 1.29 is 4.79 Å². The van der Waals surface area contributed by atoms with E-state index in [1.165, 1.54) is 12.8 Å². The number of nitrogens with zero attached hydrogens (tertiary/aromatic N) is 1. The molecule has 3 nitrogen and oxygen atoms in total. The zero-order chi connectivity index (χ0) is 11.0. The number of unbranched alkanes of at least 4 members (excludes halogenated alkanes) is 2. The standard InChI is InChI=1S/C11H24N2O/c1-4-5-6-7-10(11(12)14)8-9-13(2)3/h10H,4-9H2,1-3H3,(H2,12,14). The van der Waals surface area contributed by atoms with E-state index in [-0.39, 0.29) is 11.8 Å². The number of carbonyl (C=O) groups is 1. The third kappa shape index (κ3) is 6.89. The topological polar surface area (TPSA) is 46.3 Å². The van der Waals surface area contributed by atoms with Crippen molar-refractivity contribution in [1.82, 2.24) is 4.90 Å². The van der Waals surface area contributed by atoms with Gasteiger partial charge in [-0.15, -0.1) is 0 Å². The second-order valence-electron chi connectivity index (χ2n) is 4.19. The first-order chi connectivity index (χ1) is 6.57. The van der Waals surface area contributed by atoms with Gasteiger partial charge in [0.05, 0.1) is 0 Å². The SMILES string of the molecule is CCCCCC(CCN(C)C)C(N)=O. The molecule has 3 heteroatoms. The summed E-state index contributed by atoms with van der Waals surface area (Å²) in [6.45, 7) is 3.11. The number of rotatable bonds is 8. The van der Waals surface area contributed by atoms with Crippen molar-refractivity contribution in [1.29, 1.82) is 0 Å². The minimum Gasteiger partial charge on any atom is -0.369 e. The Labute approximate surface area is 87.6 Å². The minimum atomic E-state index is -0.136. The fraction of sp³-hybridized carbons (Fsp3) is 0.909. The molecule has 0 aromatic heterocycles. The zero-order valence-electron chi connectivity index (χ0n) is 9.75. The summed E-state index contributed by atoms with van der Waals surface area (Å²) in [6, 6.07) is 0. The van der Waals surface area contributed by atoms with Gasteiger partial charge in [0.2, 0.25) is 5.91 Å². The van der Waals surface area contributed by atoms with Crippen molar-refractivity contribution in [2.24, 2.45) is 11.7 Å². The molecule has 0 aliphatic rings. The molecular formula is C11H24N2O. The Morgan fingerprint density at radius 3 is 2.36 bits per heavy atom. The van der Waals surface area contributed by atoms with Gasteiger partial charge in [-0.1, -0.05) is 26.2 Å². The highest BCUT2D eigenvalue weighted by atomic mass is 16.1. The Bertz CT molecular complexity index is 157. The summed E-state index contributed by atoms with van der Waals surface area (Å²) >= 11 is 0. The maximum atomic E-state index is 11.1. The fourth-order valence-electron chi connectivity index (χ4n) is 1.48. The predicted molar refractivity (Wildman–Crippen MR) is 60.0 cm³/mol. The lowest BCUT2D eigenvalue weighted by Gasteiger charge is -2.16. The smallest absolute Gasteiger partial charge is 0.220 e. The average molecular weight is 200 g/mol. The van der Waals surface area contributed by atoms with E-state index >= 15 is 0 Å². The van der Waals surface area contributed by atoms with Crippen molar-refractivity contribution in [3.63, 3.8) is 0 Å². The molecule has 1 amide bonds. The molecule has 0 heterocycles.